The Bertz CT molecular complexity index is 952. The standard InChI is InChI=1S/C19H20N2O6S/c1-17(16(24)25-4)8-19-15(23)20(3)18(2,28-19)14(22)21(19)13(17)10-5-6-11-12(7-10)27-9-26-11/h5-7,13H,8-9H2,1-4H3/t13-,17-,18?,19?/m0/s1. The Morgan fingerprint density at radius 3 is 2.64 bits per heavy atom. The van der Waals surface area contributed by atoms with Crippen LogP contribution in [0.3, 0.4) is 0 Å². The van der Waals surface area contributed by atoms with Gasteiger partial charge in [0.2, 0.25) is 6.79 Å². The maximum absolute atomic E-state index is 13.4. The predicted octanol–water partition coefficient (Wildman–Crippen LogP) is 1.50. The van der Waals surface area contributed by atoms with Crippen molar-refractivity contribution in [3.8, 4) is 11.5 Å². The number of amides is 2. The number of ether oxygens (including phenoxy) is 3. The van der Waals surface area contributed by atoms with Crippen molar-refractivity contribution in [1.82, 2.24) is 9.80 Å². The summed E-state index contributed by atoms with van der Waals surface area (Å²) in [5.74, 6) is 0.400. The summed E-state index contributed by atoms with van der Waals surface area (Å²) in [6, 6.07) is 4.73. The summed E-state index contributed by atoms with van der Waals surface area (Å²) in [5.41, 5.74) is -0.359. The van der Waals surface area contributed by atoms with Crippen LogP contribution in [0.15, 0.2) is 18.2 Å². The number of carbonyl (C=O) groups is 3. The lowest BCUT2D eigenvalue weighted by molar-refractivity contribution is -0.160. The fraction of sp³-hybridized carbons (Fsp3) is 0.526. The molecule has 9 heteroatoms. The molecule has 1 aromatic carbocycles. The molecule has 5 rings (SSSR count). The average Bonchev–Trinajstić information content (AvgIpc) is 3.34. The highest BCUT2D eigenvalue weighted by Gasteiger charge is 2.79. The van der Waals surface area contributed by atoms with Crippen LogP contribution in [0.2, 0.25) is 0 Å². The topological polar surface area (TPSA) is 85.4 Å². The fourth-order valence-corrected chi connectivity index (χ4v) is 6.99. The molecule has 0 aromatic heterocycles. The van der Waals surface area contributed by atoms with Crippen molar-refractivity contribution in [1.29, 1.82) is 0 Å². The van der Waals surface area contributed by atoms with Gasteiger partial charge in [-0.3, -0.25) is 14.4 Å². The molecule has 4 heterocycles. The van der Waals surface area contributed by atoms with E-state index in [1.807, 2.05) is 6.07 Å². The van der Waals surface area contributed by atoms with Crippen LogP contribution in [0.5, 0.6) is 11.5 Å². The van der Waals surface area contributed by atoms with Crippen molar-refractivity contribution >= 4 is 29.5 Å². The van der Waals surface area contributed by atoms with Crippen LogP contribution >= 0.6 is 11.8 Å². The van der Waals surface area contributed by atoms with E-state index >= 15 is 0 Å². The van der Waals surface area contributed by atoms with Gasteiger partial charge in [-0.05, 0) is 31.5 Å². The van der Waals surface area contributed by atoms with E-state index in [0.717, 1.165) is 5.56 Å². The molecule has 1 aromatic rings. The quantitative estimate of drug-likeness (QED) is 0.691. The van der Waals surface area contributed by atoms with Crippen molar-refractivity contribution in [3.63, 3.8) is 0 Å². The fourth-order valence-electron chi connectivity index (χ4n) is 5.04. The molecule has 148 valence electrons. The number of hydrogen-bond donors (Lipinski definition) is 0. The lowest BCUT2D eigenvalue weighted by atomic mass is 9.78. The summed E-state index contributed by atoms with van der Waals surface area (Å²) >= 11 is 1.32. The van der Waals surface area contributed by atoms with Crippen LogP contribution in [-0.4, -0.2) is 58.3 Å². The largest absolute Gasteiger partial charge is 0.469 e. The second-order valence-electron chi connectivity index (χ2n) is 8.01. The highest BCUT2D eigenvalue weighted by Crippen LogP contribution is 2.70. The molecule has 0 radical (unpaired) electrons. The van der Waals surface area contributed by atoms with E-state index in [1.165, 1.54) is 23.8 Å². The van der Waals surface area contributed by atoms with Gasteiger partial charge in [0.25, 0.3) is 11.8 Å². The molecule has 3 saturated heterocycles. The lowest BCUT2D eigenvalue weighted by Crippen LogP contribution is -2.60. The van der Waals surface area contributed by atoms with Gasteiger partial charge in [-0.1, -0.05) is 17.8 Å². The number of piperazine rings is 1. The summed E-state index contributed by atoms with van der Waals surface area (Å²) in [6.07, 6.45) is 0.195. The zero-order valence-corrected chi connectivity index (χ0v) is 16.8. The Morgan fingerprint density at radius 1 is 1.21 bits per heavy atom. The first-order chi connectivity index (χ1) is 13.2. The maximum Gasteiger partial charge on any atom is 0.314 e. The summed E-state index contributed by atoms with van der Waals surface area (Å²) in [4.78, 5) is 40.5. The maximum atomic E-state index is 13.4. The zero-order valence-electron chi connectivity index (χ0n) is 16.0. The third kappa shape index (κ3) is 1.76. The molecule has 0 N–H and O–H groups in total. The second kappa shape index (κ2) is 5.14. The van der Waals surface area contributed by atoms with Crippen LogP contribution in [0.1, 0.15) is 31.9 Å². The van der Waals surface area contributed by atoms with Crippen molar-refractivity contribution < 1.29 is 28.6 Å². The van der Waals surface area contributed by atoms with Crippen molar-refractivity contribution in [2.24, 2.45) is 5.41 Å². The summed E-state index contributed by atoms with van der Waals surface area (Å²) in [7, 11) is 2.97. The molecule has 2 amide bonds. The van der Waals surface area contributed by atoms with Crippen LogP contribution in [0, 0.1) is 5.41 Å². The van der Waals surface area contributed by atoms with Gasteiger partial charge in [0, 0.05) is 13.5 Å². The molecule has 3 fully saturated rings. The van der Waals surface area contributed by atoms with E-state index in [4.69, 9.17) is 14.2 Å². The molecule has 4 aliphatic heterocycles. The van der Waals surface area contributed by atoms with Gasteiger partial charge in [-0.2, -0.15) is 0 Å². The molecule has 28 heavy (non-hydrogen) atoms. The third-order valence-corrected chi connectivity index (χ3v) is 8.18. The number of hydrogen-bond acceptors (Lipinski definition) is 7. The number of esters is 1. The highest BCUT2D eigenvalue weighted by atomic mass is 32.2. The summed E-state index contributed by atoms with van der Waals surface area (Å²) in [5, 5.41) is 0. The summed E-state index contributed by atoms with van der Waals surface area (Å²) in [6.45, 7) is 3.65. The van der Waals surface area contributed by atoms with Gasteiger partial charge in [-0.15, -0.1) is 0 Å². The molecule has 4 aliphatic rings. The molecule has 1 spiro atoms. The van der Waals surface area contributed by atoms with E-state index in [1.54, 1.807) is 37.9 Å². The number of thioether (sulfide) groups is 1. The normalized spacial score (nSPS) is 37.6. The molecule has 2 bridgehead atoms. The monoisotopic (exact) mass is 404 g/mol. The van der Waals surface area contributed by atoms with Crippen LogP contribution < -0.4 is 9.47 Å². The number of nitrogens with zero attached hydrogens (tertiary/aromatic N) is 2. The number of methoxy groups -OCH3 is 1. The minimum atomic E-state index is -1.11. The number of rotatable bonds is 2. The molecule has 0 aliphatic carbocycles. The van der Waals surface area contributed by atoms with Crippen molar-refractivity contribution in [3.05, 3.63) is 23.8 Å². The smallest absolute Gasteiger partial charge is 0.314 e. The number of fused-ring (bicyclic) bond motifs is 2. The zero-order chi connectivity index (χ0) is 20.1. The van der Waals surface area contributed by atoms with Crippen molar-refractivity contribution in [2.45, 2.75) is 36.1 Å². The van der Waals surface area contributed by atoms with Crippen LogP contribution in [0.25, 0.3) is 0 Å². The van der Waals surface area contributed by atoms with Crippen molar-refractivity contribution in [2.75, 3.05) is 21.0 Å². The highest BCUT2D eigenvalue weighted by molar-refractivity contribution is 8.04. The average molecular weight is 404 g/mol. The Hall–Kier alpha value is -2.42. The Labute approximate surface area is 166 Å². The Balaban J connectivity index is 1.71. The van der Waals surface area contributed by atoms with Gasteiger partial charge in [-0.25, -0.2) is 0 Å². The Kier molecular flexibility index (Phi) is 3.24. The molecular formula is C19H20N2O6S. The molecular weight excluding hydrogens is 384 g/mol. The molecule has 8 nitrogen and oxygen atoms in total. The van der Waals surface area contributed by atoms with E-state index in [0.29, 0.717) is 11.5 Å². The van der Waals surface area contributed by atoms with Gasteiger partial charge in [0.15, 0.2) is 21.2 Å². The van der Waals surface area contributed by atoms with E-state index in [2.05, 4.69) is 0 Å². The molecule has 0 saturated carbocycles. The van der Waals surface area contributed by atoms with E-state index in [-0.39, 0.29) is 25.0 Å². The van der Waals surface area contributed by atoms with Gasteiger partial charge < -0.3 is 24.0 Å². The lowest BCUT2D eigenvalue weighted by Gasteiger charge is -2.40. The third-order valence-electron chi connectivity index (χ3n) is 6.48. The first-order valence-electron chi connectivity index (χ1n) is 8.99. The Morgan fingerprint density at radius 2 is 1.93 bits per heavy atom. The number of likely N-dealkylation sites (N-methyl/N-ethyl adjacent to an activating group) is 1. The van der Waals surface area contributed by atoms with Gasteiger partial charge in [0.05, 0.1) is 18.6 Å². The SMILES string of the molecule is COC(=O)[C@@]1(C)CC23SC(C)(C(=O)N2[C@H]1c1ccc2c(c1)OCO2)N(C)C3=O. The van der Waals surface area contributed by atoms with E-state index in [9.17, 15) is 14.4 Å². The van der Waals surface area contributed by atoms with E-state index < -0.39 is 27.2 Å². The minimum Gasteiger partial charge on any atom is -0.469 e. The van der Waals surface area contributed by atoms with Crippen LogP contribution in [0.4, 0.5) is 0 Å². The van der Waals surface area contributed by atoms with Gasteiger partial charge in [0.1, 0.15) is 0 Å². The molecule has 4 atom stereocenters. The molecule has 2 unspecified atom stereocenters. The first kappa shape index (κ1) is 17.7. The van der Waals surface area contributed by atoms with Crippen LogP contribution in [-0.2, 0) is 19.1 Å². The first-order valence-corrected chi connectivity index (χ1v) is 9.81. The minimum absolute atomic E-state index is 0.126. The second-order valence-corrected chi connectivity index (χ2v) is 9.68. The number of benzene rings is 1. The number of carbonyl (C=O) groups excluding carboxylic acids is 3. The predicted molar refractivity (Wildman–Crippen MR) is 98.4 cm³/mol. The van der Waals surface area contributed by atoms with Gasteiger partial charge >= 0.3 is 5.97 Å². The summed E-state index contributed by atoms with van der Waals surface area (Å²) < 4.78 is 16.0.